The Morgan fingerprint density at radius 1 is 0.734 bits per heavy atom. The smallest absolute Gasteiger partial charge is 0.171 e. The topological polar surface area (TPSA) is 231 Å². The fraction of sp³-hybridized carbons (Fsp3) is 0.500. The predicted molar refractivity (Wildman–Crippen MR) is 310 cm³/mol. The highest BCUT2D eigenvalue weighted by Crippen LogP contribution is 2.47. The Hall–Kier alpha value is -5.73. The Kier molecular flexibility index (Phi) is 24.0. The van der Waals surface area contributed by atoms with Crippen molar-refractivity contribution in [1.29, 1.82) is 0 Å². The average molecular weight is 1140 g/mol. The molecule has 6 N–H and O–H groups in total. The van der Waals surface area contributed by atoms with Gasteiger partial charge >= 0.3 is 0 Å². The molecule has 0 saturated heterocycles. The molecule has 5 unspecified atom stereocenters. The molecule has 5 aromatic rings. The molecule has 436 valence electrons. The normalized spacial score (nSPS) is 17.9. The number of rotatable bonds is 23. The summed E-state index contributed by atoms with van der Waals surface area (Å²) in [6, 6.07) is 19.3. The summed E-state index contributed by atoms with van der Waals surface area (Å²) in [5.41, 5.74) is 6.27. The molecule has 0 saturated carbocycles. The van der Waals surface area contributed by atoms with Crippen molar-refractivity contribution in [3.8, 4) is 45.8 Å². The molecule has 16 nitrogen and oxygen atoms in total. The number of ether oxygens (including phenoxy) is 6. The molecule has 2 aliphatic rings. The zero-order valence-electron chi connectivity index (χ0n) is 45.1. The number of benzene rings is 3. The van der Waals surface area contributed by atoms with E-state index in [9.17, 15) is 28.4 Å². The van der Waals surface area contributed by atoms with Gasteiger partial charge < -0.3 is 49.5 Å². The van der Waals surface area contributed by atoms with E-state index in [1.54, 1.807) is 74.5 Å². The van der Waals surface area contributed by atoms with Gasteiger partial charge in [0.05, 0.1) is 65.6 Å². The van der Waals surface area contributed by atoms with Crippen molar-refractivity contribution in [2.24, 2.45) is 5.73 Å². The number of aliphatic hydroxyl groups excluding tert-OH is 1. The molecule has 2 aromatic heterocycles. The molecular weight excluding hydrogens is 1060 g/mol. The maximum absolute atomic E-state index is 13.6. The van der Waals surface area contributed by atoms with Gasteiger partial charge in [-0.1, -0.05) is 54.7 Å². The first-order valence-electron chi connectivity index (χ1n) is 25.4. The van der Waals surface area contributed by atoms with Gasteiger partial charge in [0.2, 0.25) is 0 Å². The van der Waals surface area contributed by atoms with Crippen LogP contribution in [0.1, 0.15) is 166 Å². The van der Waals surface area contributed by atoms with Crippen LogP contribution < -0.4 is 38.9 Å². The Bertz CT molecular complexity index is 2900. The van der Waals surface area contributed by atoms with Gasteiger partial charge in [0, 0.05) is 40.7 Å². The molecule has 0 spiro atoms. The van der Waals surface area contributed by atoms with E-state index in [0.29, 0.717) is 93.3 Å². The maximum atomic E-state index is 13.6. The van der Waals surface area contributed by atoms with Gasteiger partial charge in [-0.2, -0.15) is 0 Å². The number of aliphatic hydroxyl groups is 3. The Morgan fingerprint density at radius 2 is 1.24 bits per heavy atom. The monoisotopic (exact) mass is 1140 g/mol. The molecule has 2 aliphatic heterocycles. The summed E-state index contributed by atoms with van der Waals surface area (Å²) in [4.78, 5) is 35.2. The van der Waals surface area contributed by atoms with Crippen LogP contribution in [0.2, 0.25) is 5.15 Å². The minimum Gasteiger partial charge on any atom is -0.493 e. The zero-order chi connectivity index (χ0) is 55.8. The highest BCUT2D eigenvalue weighted by atomic mass is 35.5. The fourth-order valence-electron chi connectivity index (χ4n) is 8.57. The number of carbonyl (C=O) groups is 2. The second-order valence-electron chi connectivity index (χ2n) is 20.5. The highest BCUT2D eigenvalue weighted by Gasteiger charge is 2.45. The van der Waals surface area contributed by atoms with E-state index in [0.717, 1.165) is 12.0 Å². The Labute approximate surface area is 474 Å². The highest BCUT2D eigenvalue weighted by molar-refractivity contribution is 7.84. The summed E-state index contributed by atoms with van der Waals surface area (Å²) < 4.78 is 63.0. The van der Waals surface area contributed by atoms with Crippen LogP contribution in [-0.4, -0.2) is 93.1 Å². The van der Waals surface area contributed by atoms with Crippen LogP contribution in [0.3, 0.4) is 0 Å². The lowest BCUT2D eigenvalue weighted by Crippen LogP contribution is -2.49. The van der Waals surface area contributed by atoms with Crippen molar-refractivity contribution in [2.75, 3.05) is 47.3 Å². The third kappa shape index (κ3) is 15.6. The molecule has 0 bridgehead atoms. The lowest BCUT2D eigenvalue weighted by Gasteiger charge is -2.32. The van der Waals surface area contributed by atoms with Gasteiger partial charge in [0.1, 0.15) is 42.5 Å². The zero-order valence-corrected chi connectivity index (χ0v) is 46.6. The number of ketones is 2. The number of carbonyl (C=O) groups excluding carboxylic acids is 2. The fourth-order valence-corrected chi connectivity index (χ4v) is 9.79. The lowest BCUT2D eigenvalue weighted by atomic mass is 9.86. The molecular formula is C60H84ClFN4O12S. The van der Waals surface area contributed by atoms with Gasteiger partial charge in [-0.25, -0.2) is 23.3 Å². The van der Waals surface area contributed by atoms with Crippen molar-refractivity contribution in [3.05, 3.63) is 117 Å². The number of fused-ring (bicyclic) bond motifs is 2. The molecule has 19 heteroatoms. The molecule has 4 heterocycles. The third-order valence-corrected chi connectivity index (χ3v) is 15.6. The molecule has 7 rings (SSSR count). The lowest BCUT2D eigenvalue weighted by molar-refractivity contribution is 0.0395. The van der Waals surface area contributed by atoms with Crippen molar-refractivity contribution in [1.82, 2.24) is 14.7 Å². The van der Waals surface area contributed by atoms with E-state index < -0.39 is 38.0 Å². The Morgan fingerprint density at radius 3 is 1.72 bits per heavy atom. The number of hydrogen-bond acceptors (Lipinski definition) is 15. The predicted octanol–water partition coefficient (Wildman–Crippen LogP) is 11.5. The standard InChI is InChI=1S/C29H33FN2O6.C28H39ClN2O6S.3CH4/c1-4-29(31)17-38-27-21(29)16-25(32-26(27)18-5-8-20(30)9-6-18)28(2,35)12-11-22(34)19-7-10-23(37-14-13-33)24(15-19)36-3;1-8-14-36-21-11-10-18(15-22(21)35-7)20(32)12-13-27(6,33)23-16-19-24(25(29)30-23)37-17-28(19,9-2)31-38(34)26(3,4)5;;;/h5-10,15-16,33,35H,4,11-14,17,31H2,1-3H3;10-11,15-16,31,33H,8-9,12-14,17H2,1-7H3;3*1H4. The van der Waals surface area contributed by atoms with E-state index in [2.05, 4.69) is 9.71 Å². The summed E-state index contributed by atoms with van der Waals surface area (Å²) in [5.74, 6) is 2.08. The van der Waals surface area contributed by atoms with Gasteiger partial charge in [0.25, 0.3) is 0 Å². The van der Waals surface area contributed by atoms with E-state index in [-0.39, 0.29) is 96.9 Å². The minimum atomic E-state index is -1.47. The van der Waals surface area contributed by atoms with Crippen LogP contribution in [0, 0.1) is 5.82 Å². The van der Waals surface area contributed by atoms with E-state index in [1.807, 2.05) is 41.5 Å². The minimum absolute atomic E-state index is 0. The van der Waals surface area contributed by atoms with Crippen LogP contribution in [-0.2, 0) is 33.3 Å². The number of Topliss-reactive ketones (excluding diaryl/α,β-unsaturated/α-hetero) is 2. The summed E-state index contributed by atoms with van der Waals surface area (Å²) in [6.45, 7) is 15.9. The molecule has 0 fully saturated rings. The summed E-state index contributed by atoms with van der Waals surface area (Å²) in [5, 5.41) is 32.0. The number of nitrogens with one attached hydrogen (secondary N) is 1. The third-order valence-electron chi connectivity index (χ3n) is 13.7. The van der Waals surface area contributed by atoms with Crippen LogP contribution in [0.5, 0.6) is 34.5 Å². The van der Waals surface area contributed by atoms with E-state index >= 15 is 0 Å². The quantitative estimate of drug-likeness (QED) is 0.0302. The molecule has 0 aliphatic carbocycles. The molecule has 0 radical (unpaired) electrons. The second kappa shape index (κ2) is 28.1. The van der Waals surface area contributed by atoms with Crippen molar-refractivity contribution < 1.29 is 61.9 Å². The molecule has 0 amide bonds. The number of nitrogens with two attached hydrogens (primary N) is 1. The number of hydrogen-bond donors (Lipinski definition) is 5. The maximum Gasteiger partial charge on any atom is 0.171 e. The molecule has 3 aromatic carbocycles. The van der Waals surface area contributed by atoms with Gasteiger partial charge in [-0.15, -0.1) is 0 Å². The number of methoxy groups -OCH3 is 2. The first-order valence-corrected chi connectivity index (χ1v) is 26.9. The SMILES string of the molecule is C.C.C.CCC1(N)COc2c1cc(C(C)(O)CCC(=O)c1ccc(OCCO)c(OC)c1)nc2-c1ccc(F)cc1.CCCOc1ccc(C(=O)CCC(C)(O)c2cc3c(c(Cl)n2)OCC3(CC)NS(=O)C(C)(C)C)cc1OC. The second-order valence-corrected chi connectivity index (χ2v) is 22.8. The molecule has 5 atom stereocenters. The summed E-state index contributed by atoms with van der Waals surface area (Å²) >= 11 is 6.49. The van der Waals surface area contributed by atoms with Gasteiger partial charge in [0.15, 0.2) is 51.2 Å². The van der Waals surface area contributed by atoms with Crippen molar-refractivity contribution in [3.63, 3.8) is 0 Å². The number of nitrogens with zero attached hydrogens (tertiary/aromatic N) is 2. The van der Waals surface area contributed by atoms with Crippen molar-refractivity contribution in [2.45, 2.75) is 150 Å². The number of halogens is 2. The van der Waals surface area contributed by atoms with Crippen molar-refractivity contribution >= 4 is 34.2 Å². The first kappa shape index (κ1) is 67.5. The Balaban J connectivity index is 0.000000400. The van der Waals surface area contributed by atoms with Crippen LogP contribution in [0.25, 0.3) is 11.3 Å². The van der Waals surface area contributed by atoms with Crippen LogP contribution in [0.4, 0.5) is 4.39 Å². The van der Waals surface area contributed by atoms with Gasteiger partial charge in [-0.05, 0) is 140 Å². The first-order chi connectivity index (χ1) is 35.9. The molecule has 79 heavy (non-hydrogen) atoms. The summed E-state index contributed by atoms with van der Waals surface area (Å²) in [6.07, 6.45) is 2.37. The van der Waals surface area contributed by atoms with E-state index in [4.69, 9.17) is 55.8 Å². The average Bonchev–Trinajstić information content (AvgIpc) is 4.05. The van der Waals surface area contributed by atoms with Crippen LogP contribution >= 0.6 is 11.6 Å². The largest absolute Gasteiger partial charge is 0.493 e. The van der Waals surface area contributed by atoms with Gasteiger partial charge in [-0.3, -0.25) is 9.59 Å². The van der Waals surface area contributed by atoms with E-state index in [1.165, 1.54) is 26.4 Å². The summed E-state index contributed by atoms with van der Waals surface area (Å²) in [7, 11) is 1.63. The number of pyridine rings is 2. The number of aromatic nitrogens is 2. The van der Waals surface area contributed by atoms with Crippen LogP contribution in [0.15, 0.2) is 72.8 Å².